The fraction of sp³-hybridized carbons (Fsp3) is 0.471. The molecule has 126 valence electrons. The first-order valence-electron chi connectivity index (χ1n) is 7.81. The van der Waals surface area contributed by atoms with Crippen LogP contribution < -0.4 is 10.1 Å². The highest BCUT2D eigenvalue weighted by Gasteiger charge is 2.11. The lowest BCUT2D eigenvalue weighted by Crippen LogP contribution is -2.31. The molecule has 1 aromatic carbocycles. The normalized spacial score (nSPS) is 12.4. The molecule has 0 aliphatic rings. The van der Waals surface area contributed by atoms with Crippen molar-refractivity contribution in [3.8, 4) is 5.75 Å². The van der Waals surface area contributed by atoms with Crippen LogP contribution in [-0.2, 0) is 13.1 Å². The molecule has 5 nitrogen and oxygen atoms in total. The second kappa shape index (κ2) is 8.08. The van der Waals surface area contributed by atoms with E-state index in [-0.39, 0.29) is 12.4 Å². The maximum atomic E-state index is 12.8. The van der Waals surface area contributed by atoms with E-state index in [1.165, 1.54) is 17.7 Å². The van der Waals surface area contributed by atoms with E-state index in [4.69, 9.17) is 4.74 Å². The second-order valence-corrected chi connectivity index (χ2v) is 5.51. The average Bonchev–Trinajstić information content (AvgIpc) is 2.81. The maximum Gasteiger partial charge on any atom is 0.123 e. The summed E-state index contributed by atoms with van der Waals surface area (Å²) in [6.45, 7) is 8.18. The third kappa shape index (κ3) is 4.77. The van der Waals surface area contributed by atoms with Crippen LogP contribution in [0.15, 0.2) is 24.3 Å². The molecule has 0 spiro atoms. The Morgan fingerprint density at radius 3 is 2.61 bits per heavy atom. The van der Waals surface area contributed by atoms with Gasteiger partial charge in [-0.3, -0.25) is 4.68 Å². The van der Waals surface area contributed by atoms with Crippen LogP contribution in [0.4, 0.5) is 4.39 Å². The van der Waals surface area contributed by atoms with Gasteiger partial charge in [0.2, 0.25) is 0 Å². The minimum absolute atomic E-state index is 0.158. The highest BCUT2D eigenvalue weighted by molar-refractivity contribution is 5.24. The van der Waals surface area contributed by atoms with Crippen molar-refractivity contribution < 1.29 is 14.2 Å². The number of nitrogens with zero attached hydrogens (tertiary/aromatic N) is 2. The second-order valence-electron chi connectivity index (χ2n) is 5.51. The lowest BCUT2D eigenvalue weighted by molar-refractivity contribution is 0.106. The predicted molar refractivity (Wildman–Crippen MR) is 87.0 cm³/mol. The van der Waals surface area contributed by atoms with Crippen molar-refractivity contribution in [2.45, 2.75) is 40.0 Å². The Kier molecular flexibility index (Phi) is 6.12. The molecule has 0 bridgehead atoms. The van der Waals surface area contributed by atoms with E-state index in [0.29, 0.717) is 18.8 Å². The number of benzene rings is 1. The zero-order valence-corrected chi connectivity index (χ0v) is 13.8. The van der Waals surface area contributed by atoms with Crippen molar-refractivity contribution in [3.63, 3.8) is 0 Å². The summed E-state index contributed by atoms with van der Waals surface area (Å²) in [5.74, 6) is 0.235. The van der Waals surface area contributed by atoms with E-state index in [0.717, 1.165) is 17.9 Å². The molecular weight excluding hydrogens is 297 g/mol. The number of nitrogens with one attached hydrogen (secondary N) is 1. The molecule has 1 aromatic heterocycles. The van der Waals surface area contributed by atoms with Crippen LogP contribution in [-0.4, -0.2) is 34.1 Å². The molecule has 6 heteroatoms. The van der Waals surface area contributed by atoms with Crippen molar-refractivity contribution in [1.29, 1.82) is 0 Å². The number of aromatic nitrogens is 2. The molecule has 1 heterocycles. The molecule has 0 aliphatic heterocycles. The third-order valence-electron chi connectivity index (χ3n) is 3.77. The Hall–Kier alpha value is -1.92. The number of halogens is 1. The average molecular weight is 321 g/mol. The summed E-state index contributed by atoms with van der Waals surface area (Å²) in [5, 5.41) is 17.6. The Labute approximate surface area is 136 Å². The molecule has 0 fully saturated rings. The highest BCUT2D eigenvalue weighted by atomic mass is 19.1. The molecule has 23 heavy (non-hydrogen) atoms. The van der Waals surface area contributed by atoms with Crippen LogP contribution in [0.2, 0.25) is 0 Å². The molecular formula is C17H24FN3O2. The molecule has 0 radical (unpaired) electrons. The van der Waals surface area contributed by atoms with Crippen LogP contribution >= 0.6 is 0 Å². The number of aryl methyl sites for hydroxylation is 2. The summed E-state index contributed by atoms with van der Waals surface area (Å²) in [7, 11) is 0. The zero-order chi connectivity index (χ0) is 16.8. The fourth-order valence-electron chi connectivity index (χ4n) is 2.44. The van der Waals surface area contributed by atoms with Gasteiger partial charge in [0, 0.05) is 30.9 Å². The van der Waals surface area contributed by atoms with Gasteiger partial charge in [-0.25, -0.2) is 4.39 Å². The first kappa shape index (κ1) is 17.4. The van der Waals surface area contributed by atoms with Gasteiger partial charge in [-0.1, -0.05) is 0 Å². The molecule has 1 unspecified atom stereocenters. The monoisotopic (exact) mass is 321 g/mol. The van der Waals surface area contributed by atoms with Crippen LogP contribution in [0, 0.1) is 19.7 Å². The number of rotatable bonds is 8. The Morgan fingerprint density at radius 1 is 1.30 bits per heavy atom. The van der Waals surface area contributed by atoms with Crippen LogP contribution in [0.3, 0.4) is 0 Å². The SMILES string of the molecule is CCn1nc(C)c(CNCC(O)COc2ccc(F)cc2)c1C. The number of ether oxygens (including phenoxy) is 1. The van der Waals surface area contributed by atoms with Crippen LogP contribution in [0.1, 0.15) is 23.9 Å². The van der Waals surface area contributed by atoms with E-state index >= 15 is 0 Å². The Bertz CT molecular complexity index is 626. The predicted octanol–water partition coefficient (Wildman–Crippen LogP) is 2.19. The molecule has 0 aliphatic carbocycles. The van der Waals surface area contributed by atoms with Crippen molar-refractivity contribution >= 4 is 0 Å². The fourth-order valence-corrected chi connectivity index (χ4v) is 2.44. The lowest BCUT2D eigenvalue weighted by atomic mass is 10.2. The van der Waals surface area contributed by atoms with Crippen molar-refractivity contribution in [2.24, 2.45) is 0 Å². The quantitative estimate of drug-likeness (QED) is 0.782. The Balaban J connectivity index is 1.75. The molecule has 2 rings (SSSR count). The smallest absolute Gasteiger partial charge is 0.123 e. The molecule has 2 N–H and O–H groups in total. The van der Waals surface area contributed by atoms with Gasteiger partial charge in [0.15, 0.2) is 0 Å². The van der Waals surface area contributed by atoms with Crippen LogP contribution in [0.25, 0.3) is 0 Å². The van der Waals surface area contributed by atoms with Gasteiger partial charge in [-0.15, -0.1) is 0 Å². The van der Waals surface area contributed by atoms with Gasteiger partial charge in [0.1, 0.15) is 24.3 Å². The van der Waals surface area contributed by atoms with E-state index in [1.807, 2.05) is 11.6 Å². The number of aliphatic hydroxyl groups is 1. The van der Waals surface area contributed by atoms with E-state index < -0.39 is 6.10 Å². The molecule has 0 saturated heterocycles. The maximum absolute atomic E-state index is 12.8. The summed E-state index contributed by atoms with van der Waals surface area (Å²) < 4.78 is 20.2. The lowest BCUT2D eigenvalue weighted by Gasteiger charge is -2.13. The first-order valence-corrected chi connectivity index (χ1v) is 7.81. The molecule has 0 saturated carbocycles. The Morgan fingerprint density at radius 2 is 2.00 bits per heavy atom. The van der Waals surface area contributed by atoms with Crippen molar-refractivity contribution in [3.05, 3.63) is 47.0 Å². The molecule has 1 atom stereocenters. The summed E-state index contributed by atoms with van der Waals surface area (Å²) >= 11 is 0. The van der Waals surface area contributed by atoms with Crippen molar-refractivity contribution in [2.75, 3.05) is 13.2 Å². The van der Waals surface area contributed by atoms with Crippen molar-refractivity contribution in [1.82, 2.24) is 15.1 Å². The third-order valence-corrected chi connectivity index (χ3v) is 3.77. The van der Waals surface area contributed by atoms with Gasteiger partial charge in [-0.2, -0.15) is 5.10 Å². The van der Waals surface area contributed by atoms with E-state index in [9.17, 15) is 9.50 Å². The van der Waals surface area contributed by atoms with Gasteiger partial charge >= 0.3 is 0 Å². The van der Waals surface area contributed by atoms with Gasteiger partial charge in [0.25, 0.3) is 0 Å². The summed E-state index contributed by atoms with van der Waals surface area (Å²) in [6.07, 6.45) is -0.637. The van der Waals surface area contributed by atoms with Gasteiger partial charge in [-0.05, 0) is 45.0 Å². The first-order chi connectivity index (χ1) is 11.0. The zero-order valence-electron chi connectivity index (χ0n) is 13.8. The van der Waals surface area contributed by atoms with E-state index in [1.54, 1.807) is 12.1 Å². The van der Waals surface area contributed by atoms with Crippen LogP contribution in [0.5, 0.6) is 5.75 Å². The van der Waals surface area contributed by atoms with E-state index in [2.05, 4.69) is 24.3 Å². The van der Waals surface area contributed by atoms with Gasteiger partial charge in [0.05, 0.1) is 5.69 Å². The largest absolute Gasteiger partial charge is 0.491 e. The van der Waals surface area contributed by atoms with Gasteiger partial charge < -0.3 is 15.2 Å². The minimum atomic E-state index is -0.637. The number of hydrogen-bond donors (Lipinski definition) is 2. The molecule has 0 amide bonds. The highest BCUT2D eigenvalue weighted by Crippen LogP contribution is 2.13. The molecule has 2 aromatic rings. The summed E-state index contributed by atoms with van der Waals surface area (Å²) in [4.78, 5) is 0. The number of aliphatic hydroxyl groups excluding tert-OH is 1. The topological polar surface area (TPSA) is 59.3 Å². The standard InChI is InChI=1S/C17H24FN3O2/c1-4-21-13(3)17(12(2)20-21)10-19-9-15(22)11-23-16-7-5-14(18)6-8-16/h5-8,15,19,22H,4,9-11H2,1-3H3. The summed E-state index contributed by atoms with van der Waals surface area (Å²) in [5.41, 5.74) is 3.32. The minimum Gasteiger partial charge on any atom is -0.491 e. The summed E-state index contributed by atoms with van der Waals surface area (Å²) in [6, 6.07) is 5.75. The number of hydrogen-bond acceptors (Lipinski definition) is 4.